The Hall–Kier alpha value is -2.30. The Balaban J connectivity index is 1.50. The summed E-state index contributed by atoms with van der Waals surface area (Å²) in [6.07, 6.45) is -2.16. The average molecular weight is 514 g/mol. The minimum Gasteiger partial charge on any atom is -0.396 e. The first-order valence-corrected chi connectivity index (χ1v) is 13.1. The van der Waals surface area contributed by atoms with Crippen molar-refractivity contribution >= 4 is 10.9 Å². The number of H-pyrrole nitrogens is 1. The van der Waals surface area contributed by atoms with Gasteiger partial charge in [-0.2, -0.15) is 0 Å². The highest BCUT2D eigenvalue weighted by Crippen LogP contribution is 2.34. The van der Waals surface area contributed by atoms with Crippen LogP contribution < -0.4 is 0 Å². The Kier molecular flexibility index (Phi) is 10.1. The van der Waals surface area contributed by atoms with E-state index in [2.05, 4.69) is 4.98 Å². The van der Waals surface area contributed by atoms with E-state index in [0.717, 1.165) is 47.7 Å². The number of aromatic amines is 1. The highest BCUT2D eigenvalue weighted by atomic mass is 16.6. The van der Waals surface area contributed by atoms with Crippen molar-refractivity contribution in [3.8, 4) is 0 Å². The Labute approximate surface area is 217 Å². The lowest BCUT2D eigenvalue weighted by molar-refractivity contribution is -0.265. The molecule has 37 heavy (non-hydrogen) atoms. The second-order valence-corrected chi connectivity index (χ2v) is 9.74. The second kappa shape index (κ2) is 13.5. The smallest absolute Gasteiger partial charge is 0.116 e. The number of hydrogen-bond donors (Lipinski definition) is 5. The van der Waals surface area contributed by atoms with Crippen molar-refractivity contribution in [2.45, 2.75) is 81.9 Å². The third kappa shape index (κ3) is 6.78. The molecule has 8 heteroatoms. The first-order valence-electron chi connectivity index (χ1n) is 13.1. The number of unbranched alkanes of at least 4 members (excludes halogenated alkanes) is 3. The van der Waals surface area contributed by atoms with E-state index in [4.69, 9.17) is 19.3 Å². The summed E-state index contributed by atoms with van der Waals surface area (Å²) in [5, 5.41) is 43.3. The van der Waals surface area contributed by atoms with E-state index < -0.39 is 42.7 Å². The van der Waals surface area contributed by atoms with Crippen LogP contribution in [0.15, 0.2) is 60.8 Å². The number of aromatic nitrogens is 1. The molecular weight excluding hydrogens is 474 g/mol. The third-order valence-corrected chi connectivity index (χ3v) is 7.09. The van der Waals surface area contributed by atoms with Gasteiger partial charge < -0.3 is 39.6 Å². The predicted molar refractivity (Wildman–Crippen MR) is 140 cm³/mol. The quantitative estimate of drug-likeness (QED) is 0.222. The topological polar surface area (TPSA) is 124 Å². The SMILES string of the molecule is CC(OC1C(O)C(OCCCCCCO)C(O)C(O)C1OCc1ccccc1)c1c[nH]c2ccccc12. The molecule has 0 aliphatic heterocycles. The number of fused-ring (bicyclic) bond motifs is 1. The molecule has 8 nitrogen and oxygen atoms in total. The van der Waals surface area contributed by atoms with Gasteiger partial charge >= 0.3 is 0 Å². The predicted octanol–water partition coefficient (Wildman–Crippen LogP) is 3.23. The summed E-state index contributed by atoms with van der Waals surface area (Å²) in [5.74, 6) is 0. The van der Waals surface area contributed by atoms with Crippen molar-refractivity contribution in [1.29, 1.82) is 0 Å². The highest BCUT2D eigenvalue weighted by Gasteiger charge is 2.52. The van der Waals surface area contributed by atoms with E-state index in [1.165, 1.54) is 0 Å². The molecule has 1 saturated carbocycles. The van der Waals surface area contributed by atoms with Gasteiger partial charge in [-0.05, 0) is 31.4 Å². The van der Waals surface area contributed by atoms with Crippen LogP contribution in [0.5, 0.6) is 0 Å². The molecule has 2 aromatic carbocycles. The van der Waals surface area contributed by atoms with Gasteiger partial charge in [-0.1, -0.05) is 61.4 Å². The monoisotopic (exact) mass is 513 g/mol. The average Bonchev–Trinajstić information content (AvgIpc) is 3.35. The molecule has 0 radical (unpaired) electrons. The fourth-order valence-electron chi connectivity index (χ4n) is 5.01. The van der Waals surface area contributed by atoms with Gasteiger partial charge in [0, 0.05) is 35.9 Å². The first-order chi connectivity index (χ1) is 18.0. The summed E-state index contributed by atoms with van der Waals surface area (Å²) in [7, 11) is 0. The van der Waals surface area contributed by atoms with Gasteiger partial charge in [-0.15, -0.1) is 0 Å². The maximum absolute atomic E-state index is 11.3. The molecule has 7 unspecified atom stereocenters. The van der Waals surface area contributed by atoms with Gasteiger partial charge in [0.05, 0.1) is 12.7 Å². The molecule has 4 rings (SSSR count). The molecule has 1 fully saturated rings. The van der Waals surface area contributed by atoms with E-state index in [1.54, 1.807) is 0 Å². The minimum atomic E-state index is -1.34. The van der Waals surface area contributed by atoms with Gasteiger partial charge in [-0.25, -0.2) is 0 Å². The number of ether oxygens (including phenoxy) is 3. The fourth-order valence-corrected chi connectivity index (χ4v) is 5.01. The molecule has 1 aromatic heterocycles. The van der Waals surface area contributed by atoms with E-state index in [1.807, 2.05) is 67.7 Å². The summed E-state index contributed by atoms with van der Waals surface area (Å²) in [5.41, 5.74) is 2.81. The number of hydrogen-bond acceptors (Lipinski definition) is 7. The zero-order chi connectivity index (χ0) is 26.2. The zero-order valence-electron chi connectivity index (χ0n) is 21.3. The lowest BCUT2D eigenvalue weighted by Gasteiger charge is -2.46. The van der Waals surface area contributed by atoms with Crippen LogP contribution in [0.3, 0.4) is 0 Å². The number of benzene rings is 2. The molecule has 1 heterocycles. The maximum Gasteiger partial charge on any atom is 0.116 e. The molecule has 3 aromatic rings. The number of para-hydroxylation sites is 1. The molecule has 202 valence electrons. The molecule has 7 atom stereocenters. The summed E-state index contributed by atoms with van der Waals surface area (Å²) in [6, 6.07) is 17.4. The normalized spacial score (nSPS) is 26.9. The number of nitrogens with one attached hydrogen (secondary N) is 1. The Bertz CT molecular complexity index is 1070. The van der Waals surface area contributed by atoms with Crippen molar-refractivity contribution in [2.75, 3.05) is 13.2 Å². The summed E-state index contributed by atoms with van der Waals surface area (Å²) in [4.78, 5) is 3.25. The largest absolute Gasteiger partial charge is 0.396 e. The second-order valence-electron chi connectivity index (χ2n) is 9.74. The van der Waals surface area contributed by atoms with Crippen LogP contribution >= 0.6 is 0 Å². The zero-order valence-corrected chi connectivity index (χ0v) is 21.3. The van der Waals surface area contributed by atoms with Crippen LogP contribution in [0.2, 0.25) is 0 Å². The number of aliphatic hydroxyl groups is 4. The van der Waals surface area contributed by atoms with E-state index >= 15 is 0 Å². The molecule has 1 aliphatic rings. The van der Waals surface area contributed by atoms with Crippen LogP contribution in [0.4, 0.5) is 0 Å². The molecule has 1 aliphatic carbocycles. The summed E-state index contributed by atoms with van der Waals surface area (Å²) in [6.45, 7) is 2.56. The molecular formula is C29H39NO7. The van der Waals surface area contributed by atoms with E-state index in [-0.39, 0.29) is 13.2 Å². The van der Waals surface area contributed by atoms with Gasteiger partial charge in [-0.3, -0.25) is 0 Å². The van der Waals surface area contributed by atoms with Crippen LogP contribution in [0.1, 0.15) is 49.8 Å². The lowest BCUT2D eigenvalue weighted by atomic mass is 9.84. The lowest BCUT2D eigenvalue weighted by Crippen LogP contribution is -2.65. The van der Waals surface area contributed by atoms with Crippen molar-refractivity contribution < 1.29 is 34.6 Å². The Morgan fingerprint density at radius 2 is 1.49 bits per heavy atom. The van der Waals surface area contributed by atoms with E-state index in [9.17, 15) is 15.3 Å². The van der Waals surface area contributed by atoms with Gasteiger partial charge in [0.15, 0.2) is 0 Å². The standard InChI is InChI=1S/C29H39NO7/c1-19(22-17-30-23-14-8-7-13-21(22)23)37-29-26(34)27(35-16-10-3-2-9-15-31)24(32)25(33)28(29)36-18-20-11-5-4-6-12-20/h4-8,11-14,17,19,24-34H,2-3,9-10,15-16,18H2,1H3. The molecule has 0 spiro atoms. The first kappa shape index (κ1) is 27.7. The van der Waals surface area contributed by atoms with Crippen LogP contribution in [0.25, 0.3) is 10.9 Å². The number of rotatable bonds is 13. The Morgan fingerprint density at radius 3 is 2.27 bits per heavy atom. The van der Waals surface area contributed by atoms with Crippen molar-refractivity contribution in [3.63, 3.8) is 0 Å². The van der Waals surface area contributed by atoms with Gasteiger partial charge in [0.25, 0.3) is 0 Å². The Morgan fingerprint density at radius 1 is 0.784 bits per heavy atom. The third-order valence-electron chi connectivity index (χ3n) is 7.09. The summed E-state index contributed by atoms with van der Waals surface area (Å²) < 4.78 is 18.3. The van der Waals surface area contributed by atoms with Gasteiger partial charge in [0.2, 0.25) is 0 Å². The van der Waals surface area contributed by atoms with E-state index in [0.29, 0.717) is 6.61 Å². The molecule has 0 saturated heterocycles. The molecule has 0 bridgehead atoms. The summed E-state index contributed by atoms with van der Waals surface area (Å²) >= 11 is 0. The maximum atomic E-state index is 11.3. The molecule has 0 amide bonds. The van der Waals surface area contributed by atoms with Crippen molar-refractivity contribution in [1.82, 2.24) is 4.98 Å². The van der Waals surface area contributed by atoms with Crippen LogP contribution in [-0.4, -0.2) is 75.2 Å². The molecule has 5 N–H and O–H groups in total. The number of aliphatic hydroxyl groups excluding tert-OH is 4. The minimum absolute atomic E-state index is 0.158. The highest BCUT2D eigenvalue weighted by molar-refractivity contribution is 5.83. The van der Waals surface area contributed by atoms with Crippen molar-refractivity contribution in [2.24, 2.45) is 0 Å². The van der Waals surface area contributed by atoms with Gasteiger partial charge in [0.1, 0.15) is 36.6 Å². The van der Waals surface area contributed by atoms with Crippen molar-refractivity contribution in [3.05, 3.63) is 71.9 Å². The van der Waals surface area contributed by atoms with Crippen LogP contribution in [0, 0.1) is 0 Å². The fraction of sp³-hybridized carbons (Fsp3) is 0.517. The van der Waals surface area contributed by atoms with Crippen LogP contribution in [-0.2, 0) is 20.8 Å².